The van der Waals surface area contributed by atoms with E-state index in [4.69, 9.17) is 0 Å². The van der Waals surface area contributed by atoms with Crippen LogP contribution in [0.15, 0.2) is 42.5 Å². The largest absolute Gasteiger partial charge is 0.384 e. The number of aliphatic hydroxyl groups is 1. The SMILES string of the molecule is Cc1ccc(C)c(C(O)c2ccc(N(C)C)cc2)c1. The molecule has 0 aliphatic carbocycles. The molecule has 2 nitrogen and oxygen atoms in total. The summed E-state index contributed by atoms with van der Waals surface area (Å²) in [6, 6.07) is 14.2. The number of aryl methyl sites for hydroxylation is 2. The molecular weight excluding hydrogens is 234 g/mol. The minimum Gasteiger partial charge on any atom is -0.384 e. The third-order valence-electron chi connectivity index (χ3n) is 3.45. The number of hydrogen-bond donors (Lipinski definition) is 1. The van der Waals surface area contributed by atoms with Gasteiger partial charge in [0.05, 0.1) is 0 Å². The third kappa shape index (κ3) is 2.96. The molecule has 1 atom stereocenters. The highest BCUT2D eigenvalue weighted by Gasteiger charge is 2.13. The Bertz CT molecular complexity index is 558. The Morgan fingerprint density at radius 2 is 1.58 bits per heavy atom. The molecule has 0 amide bonds. The maximum Gasteiger partial charge on any atom is 0.104 e. The molecule has 0 radical (unpaired) electrons. The number of anilines is 1. The third-order valence-corrected chi connectivity index (χ3v) is 3.45. The van der Waals surface area contributed by atoms with Crippen molar-refractivity contribution in [3.8, 4) is 0 Å². The average molecular weight is 255 g/mol. The number of nitrogens with zero attached hydrogens (tertiary/aromatic N) is 1. The fraction of sp³-hybridized carbons (Fsp3) is 0.294. The molecule has 0 aliphatic heterocycles. The second-order valence-electron chi connectivity index (χ2n) is 5.25. The van der Waals surface area contributed by atoms with Gasteiger partial charge >= 0.3 is 0 Å². The van der Waals surface area contributed by atoms with Crippen molar-refractivity contribution in [1.29, 1.82) is 0 Å². The van der Waals surface area contributed by atoms with Gasteiger partial charge in [0.15, 0.2) is 0 Å². The molecule has 0 heterocycles. The lowest BCUT2D eigenvalue weighted by atomic mass is 9.96. The molecule has 0 saturated heterocycles. The molecule has 1 unspecified atom stereocenters. The van der Waals surface area contributed by atoms with Gasteiger partial charge in [0, 0.05) is 19.8 Å². The second-order valence-corrected chi connectivity index (χ2v) is 5.25. The first-order valence-corrected chi connectivity index (χ1v) is 6.51. The highest BCUT2D eigenvalue weighted by Crippen LogP contribution is 2.27. The average Bonchev–Trinajstić information content (AvgIpc) is 2.41. The second kappa shape index (κ2) is 5.45. The van der Waals surface area contributed by atoms with E-state index in [1.807, 2.05) is 57.1 Å². The molecule has 0 aliphatic rings. The molecule has 0 saturated carbocycles. The molecule has 0 spiro atoms. The van der Waals surface area contributed by atoms with Crippen LogP contribution in [0.2, 0.25) is 0 Å². The zero-order chi connectivity index (χ0) is 14.0. The lowest BCUT2D eigenvalue weighted by molar-refractivity contribution is 0.219. The van der Waals surface area contributed by atoms with Crippen LogP contribution in [-0.4, -0.2) is 19.2 Å². The molecule has 2 heteroatoms. The fourth-order valence-electron chi connectivity index (χ4n) is 2.19. The first-order chi connectivity index (χ1) is 8.99. The van der Waals surface area contributed by atoms with Crippen LogP contribution < -0.4 is 4.90 Å². The van der Waals surface area contributed by atoms with Gasteiger partial charge in [-0.1, -0.05) is 35.9 Å². The number of hydrogen-bond acceptors (Lipinski definition) is 2. The van der Waals surface area contributed by atoms with Crippen molar-refractivity contribution in [2.45, 2.75) is 20.0 Å². The fourth-order valence-corrected chi connectivity index (χ4v) is 2.19. The van der Waals surface area contributed by atoms with Gasteiger partial charge in [-0.2, -0.15) is 0 Å². The van der Waals surface area contributed by atoms with Crippen molar-refractivity contribution < 1.29 is 5.11 Å². The first-order valence-electron chi connectivity index (χ1n) is 6.51. The molecule has 100 valence electrons. The zero-order valence-electron chi connectivity index (χ0n) is 12.0. The quantitative estimate of drug-likeness (QED) is 0.908. The molecule has 0 bridgehead atoms. The normalized spacial score (nSPS) is 12.3. The smallest absolute Gasteiger partial charge is 0.104 e. The predicted molar refractivity (Wildman–Crippen MR) is 80.7 cm³/mol. The van der Waals surface area contributed by atoms with Crippen LogP contribution in [0.4, 0.5) is 5.69 Å². The zero-order valence-corrected chi connectivity index (χ0v) is 12.0. The maximum absolute atomic E-state index is 10.5. The van der Waals surface area contributed by atoms with Crippen LogP contribution in [-0.2, 0) is 0 Å². The van der Waals surface area contributed by atoms with E-state index in [1.165, 1.54) is 5.56 Å². The van der Waals surface area contributed by atoms with Crippen molar-refractivity contribution in [2.75, 3.05) is 19.0 Å². The number of benzene rings is 2. The van der Waals surface area contributed by atoms with Crippen LogP contribution in [0.5, 0.6) is 0 Å². The molecular formula is C17H21NO. The number of aliphatic hydroxyl groups excluding tert-OH is 1. The summed E-state index contributed by atoms with van der Waals surface area (Å²) < 4.78 is 0. The van der Waals surface area contributed by atoms with Crippen molar-refractivity contribution in [1.82, 2.24) is 0 Å². The van der Waals surface area contributed by atoms with Gasteiger partial charge < -0.3 is 10.0 Å². The van der Waals surface area contributed by atoms with Gasteiger partial charge in [0.25, 0.3) is 0 Å². The highest BCUT2D eigenvalue weighted by atomic mass is 16.3. The van der Waals surface area contributed by atoms with E-state index in [1.54, 1.807) is 0 Å². The summed E-state index contributed by atoms with van der Waals surface area (Å²) in [5.74, 6) is 0. The Kier molecular flexibility index (Phi) is 3.91. The van der Waals surface area contributed by atoms with Gasteiger partial charge in [-0.05, 0) is 42.7 Å². The summed E-state index contributed by atoms with van der Waals surface area (Å²) in [5.41, 5.74) is 5.34. The van der Waals surface area contributed by atoms with E-state index in [9.17, 15) is 5.11 Å². The Hall–Kier alpha value is -1.80. The first kappa shape index (κ1) is 13.6. The summed E-state index contributed by atoms with van der Waals surface area (Å²) in [5, 5.41) is 10.5. The lowest BCUT2D eigenvalue weighted by Gasteiger charge is -2.17. The monoisotopic (exact) mass is 255 g/mol. The van der Waals surface area contributed by atoms with E-state index in [0.717, 1.165) is 22.4 Å². The van der Waals surface area contributed by atoms with E-state index < -0.39 is 6.10 Å². The summed E-state index contributed by atoms with van der Waals surface area (Å²) in [6.45, 7) is 4.08. The Labute approximate surface area is 115 Å². The minimum atomic E-state index is -0.559. The van der Waals surface area contributed by atoms with Gasteiger partial charge in [-0.25, -0.2) is 0 Å². The van der Waals surface area contributed by atoms with Gasteiger partial charge in [0.1, 0.15) is 6.10 Å². The van der Waals surface area contributed by atoms with Crippen LogP contribution in [0.1, 0.15) is 28.4 Å². The lowest BCUT2D eigenvalue weighted by Crippen LogP contribution is -2.09. The Morgan fingerprint density at radius 3 is 2.16 bits per heavy atom. The summed E-state index contributed by atoms with van der Waals surface area (Å²) >= 11 is 0. The van der Waals surface area contributed by atoms with Crippen molar-refractivity contribution >= 4 is 5.69 Å². The summed E-state index contributed by atoms with van der Waals surface area (Å²) in [4.78, 5) is 2.05. The summed E-state index contributed by atoms with van der Waals surface area (Å²) in [7, 11) is 4.02. The molecule has 2 aromatic rings. The maximum atomic E-state index is 10.5. The van der Waals surface area contributed by atoms with Crippen LogP contribution in [0, 0.1) is 13.8 Å². The Balaban J connectivity index is 2.33. The van der Waals surface area contributed by atoms with Crippen LogP contribution >= 0.6 is 0 Å². The summed E-state index contributed by atoms with van der Waals surface area (Å²) in [6.07, 6.45) is -0.559. The molecule has 1 N–H and O–H groups in total. The van der Waals surface area contributed by atoms with Crippen LogP contribution in [0.25, 0.3) is 0 Å². The molecule has 0 fully saturated rings. The van der Waals surface area contributed by atoms with Crippen molar-refractivity contribution in [2.24, 2.45) is 0 Å². The van der Waals surface area contributed by atoms with Crippen molar-refractivity contribution in [3.63, 3.8) is 0 Å². The standard InChI is InChI=1S/C17H21NO/c1-12-5-6-13(2)16(11-12)17(19)14-7-9-15(10-8-14)18(3)4/h5-11,17,19H,1-4H3. The Morgan fingerprint density at radius 1 is 0.947 bits per heavy atom. The van der Waals surface area contributed by atoms with E-state index in [2.05, 4.69) is 18.2 Å². The molecule has 2 rings (SSSR count). The van der Waals surface area contributed by atoms with Gasteiger partial charge in [0.2, 0.25) is 0 Å². The van der Waals surface area contributed by atoms with Crippen LogP contribution in [0.3, 0.4) is 0 Å². The molecule has 19 heavy (non-hydrogen) atoms. The minimum absolute atomic E-state index is 0.559. The topological polar surface area (TPSA) is 23.5 Å². The van der Waals surface area contributed by atoms with Gasteiger partial charge in [-0.15, -0.1) is 0 Å². The predicted octanol–water partition coefficient (Wildman–Crippen LogP) is 3.45. The number of rotatable bonds is 3. The highest BCUT2D eigenvalue weighted by molar-refractivity contribution is 5.48. The van der Waals surface area contributed by atoms with E-state index >= 15 is 0 Å². The molecule has 0 aromatic heterocycles. The van der Waals surface area contributed by atoms with Gasteiger partial charge in [-0.3, -0.25) is 0 Å². The van der Waals surface area contributed by atoms with E-state index in [0.29, 0.717) is 0 Å². The van der Waals surface area contributed by atoms with Crippen molar-refractivity contribution in [3.05, 3.63) is 64.7 Å². The van der Waals surface area contributed by atoms with E-state index in [-0.39, 0.29) is 0 Å². The molecule has 2 aromatic carbocycles.